The van der Waals surface area contributed by atoms with Gasteiger partial charge in [-0.3, -0.25) is 11.3 Å². The molecule has 0 aromatic carbocycles. The summed E-state index contributed by atoms with van der Waals surface area (Å²) in [6.45, 7) is 2.11. The summed E-state index contributed by atoms with van der Waals surface area (Å²) in [5.41, 5.74) is 2.77. The van der Waals surface area contributed by atoms with Crippen molar-refractivity contribution in [2.24, 2.45) is 0 Å². The average molecular weight is 298 g/mol. The zero-order valence-electron chi connectivity index (χ0n) is 4.52. The van der Waals surface area contributed by atoms with Crippen molar-refractivity contribution in [1.82, 2.24) is 4.98 Å². The molecule has 0 bridgehead atoms. The van der Waals surface area contributed by atoms with Crippen LogP contribution in [0.3, 0.4) is 0 Å². The Balaban J connectivity index is 0.000000490. The molecule has 1 rings (SSSR count). The number of rotatable bonds is 1. The predicted octanol–water partition coefficient (Wildman–Crippen LogP) is 1.50. The summed E-state index contributed by atoms with van der Waals surface area (Å²) in [7, 11) is 0. The smallest absolute Gasteiger partial charge is 0 e. The van der Waals surface area contributed by atoms with Crippen LogP contribution >= 0.6 is 11.3 Å². The van der Waals surface area contributed by atoms with E-state index in [-0.39, 0.29) is 20.4 Å². The Hall–Kier alpha value is 0.292. The molecule has 0 saturated heterocycles. The van der Waals surface area contributed by atoms with Crippen molar-refractivity contribution in [3.63, 3.8) is 0 Å². The third kappa shape index (κ3) is 2.04. The van der Waals surface area contributed by atoms with Gasteiger partial charge in [0.15, 0.2) is 0 Å². The van der Waals surface area contributed by atoms with Gasteiger partial charge in [0.1, 0.15) is 0 Å². The van der Waals surface area contributed by atoms with Gasteiger partial charge in [-0.1, -0.05) is 13.3 Å². The quantitative estimate of drug-likeness (QED) is 0.716. The summed E-state index contributed by atoms with van der Waals surface area (Å²) in [6, 6.07) is 0. The topological polar surface area (TPSA) is 12.9 Å². The SMILES string of the molecule is CCc1cn[c-]s1.[Re]. The van der Waals surface area contributed by atoms with Crippen LogP contribution in [0.5, 0.6) is 0 Å². The van der Waals surface area contributed by atoms with Crippen molar-refractivity contribution in [1.29, 1.82) is 0 Å². The van der Waals surface area contributed by atoms with E-state index in [1.54, 1.807) is 11.3 Å². The number of aryl methyl sites for hydroxylation is 1. The number of thiazole rings is 1. The fraction of sp³-hybridized carbons (Fsp3) is 0.400. The molecule has 45 valence electrons. The fourth-order valence-electron chi connectivity index (χ4n) is 0.373. The minimum absolute atomic E-state index is 0. The Morgan fingerprint density at radius 3 is 2.88 bits per heavy atom. The molecule has 0 amide bonds. The Morgan fingerprint density at radius 1 is 1.88 bits per heavy atom. The monoisotopic (exact) mass is 299 g/mol. The second-order valence-corrected chi connectivity index (χ2v) is 2.18. The molecule has 0 saturated carbocycles. The summed E-state index contributed by atoms with van der Waals surface area (Å²) < 4.78 is 0. The first-order chi connectivity index (χ1) is 3.43. The normalized spacial score (nSPS) is 8.12. The van der Waals surface area contributed by atoms with E-state index < -0.39 is 0 Å². The molecule has 0 spiro atoms. The molecule has 0 aliphatic heterocycles. The van der Waals surface area contributed by atoms with Gasteiger partial charge in [-0.05, 0) is 5.51 Å². The van der Waals surface area contributed by atoms with E-state index in [0.29, 0.717) is 0 Å². The first-order valence-electron chi connectivity index (χ1n) is 2.24. The van der Waals surface area contributed by atoms with Crippen molar-refractivity contribution in [2.45, 2.75) is 13.3 Å². The van der Waals surface area contributed by atoms with E-state index in [0.717, 1.165) is 6.42 Å². The summed E-state index contributed by atoms with van der Waals surface area (Å²) >= 11 is 1.59. The van der Waals surface area contributed by atoms with Crippen LogP contribution < -0.4 is 0 Å². The van der Waals surface area contributed by atoms with Crippen LogP contribution in [0, 0.1) is 5.51 Å². The molecule has 0 aliphatic rings. The first-order valence-corrected chi connectivity index (χ1v) is 3.06. The maximum Gasteiger partial charge on any atom is 0 e. The van der Waals surface area contributed by atoms with Gasteiger partial charge >= 0.3 is 0 Å². The van der Waals surface area contributed by atoms with Gasteiger partial charge in [-0.25, -0.2) is 0 Å². The summed E-state index contributed by atoms with van der Waals surface area (Å²) in [6.07, 6.45) is 2.94. The Morgan fingerprint density at radius 2 is 2.62 bits per heavy atom. The van der Waals surface area contributed by atoms with Crippen molar-refractivity contribution < 1.29 is 20.4 Å². The summed E-state index contributed by atoms with van der Waals surface area (Å²) in [5.74, 6) is 0. The minimum Gasteiger partial charge on any atom is -0.394 e. The second-order valence-electron chi connectivity index (χ2n) is 1.27. The summed E-state index contributed by atoms with van der Waals surface area (Å²) in [5, 5.41) is 0. The van der Waals surface area contributed by atoms with Crippen molar-refractivity contribution >= 4 is 11.3 Å². The molecule has 3 heteroatoms. The zero-order chi connectivity index (χ0) is 5.11. The van der Waals surface area contributed by atoms with Gasteiger partial charge in [0, 0.05) is 20.4 Å². The molecule has 0 unspecified atom stereocenters. The van der Waals surface area contributed by atoms with E-state index in [4.69, 9.17) is 0 Å². The Bertz CT molecular complexity index is 127. The Labute approximate surface area is 66.8 Å². The fourth-order valence-corrected chi connectivity index (χ4v) is 0.846. The largest absolute Gasteiger partial charge is 0.394 e. The van der Waals surface area contributed by atoms with Crippen molar-refractivity contribution in [3.8, 4) is 0 Å². The maximum absolute atomic E-state index is 3.79. The maximum atomic E-state index is 3.79. The molecule has 1 heterocycles. The van der Waals surface area contributed by atoms with Crippen LogP contribution in [0.4, 0.5) is 0 Å². The van der Waals surface area contributed by atoms with Gasteiger partial charge in [0.25, 0.3) is 0 Å². The van der Waals surface area contributed by atoms with Crippen LogP contribution in [-0.4, -0.2) is 4.98 Å². The predicted molar refractivity (Wildman–Crippen MR) is 30.3 cm³/mol. The average Bonchev–Trinajstić information content (AvgIpc) is 2.14. The van der Waals surface area contributed by atoms with Crippen LogP contribution in [0.15, 0.2) is 6.20 Å². The van der Waals surface area contributed by atoms with E-state index >= 15 is 0 Å². The Kier molecular flexibility index (Phi) is 4.35. The molecule has 1 aromatic heterocycles. The molecule has 1 aromatic rings. The molecule has 1 nitrogen and oxygen atoms in total. The van der Waals surface area contributed by atoms with Crippen molar-refractivity contribution in [2.75, 3.05) is 0 Å². The van der Waals surface area contributed by atoms with Crippen LogP contribution in [0.1, 0.15) is 11.8 Å². The number of aromatic nitrogens is 1. The minimum atomic E-state index is 0. The van der Waals surface area contributed by atoms with E-state index in [1.165, 1.54) is 4.88 Å². The van der Waals surface area contributed by atoms with Crippen molar-refractivity contribution in [3.05, 3.63) is 16.6 Å². The van der Waals surface area contributed by atoms with Gasteiger partial charge in [0.2, 0.25) is 0 Å². The molecular formula is C5H6NReS-. The molecule has 0 aliphatic carbocycles. The molecule has 0 fully saturated rings. The third-order valence-corrected chi connectivity index (χ3v) is 1.64. The second kappa shape index (κ2) is 4.20. The van der Waals surface area contributed by atoms with Gasteiger partial charge in [0.05, 0.1) is 0 Å². The molecule has 0 atom stereocenters. The van der Waals surface area contributed by atoms with E-state index in [9.17, 15) is 0 Å². The van der Waals surface area contributed by atoms with Gasteiger partial charge in [-0.2, -0.15) is 0 Å². The van der Waals surface area contributed by atoms with Crippen LogP contribution in [-0.2, 0) is 26.8 Å². The summed E-state index contributed by atoms with van der Waals surface area (Å²) in [4.78, 5) is 5.09. The van der Waals surface area contributed by atoms with Gasteiger partial charge in [-0.15, -0.1) is 11.1 Å². The standard InChI is InChI=1S/C5H6NS.Re/c1-2-5-3-6-4-7-5;/h3H,2H2,1H3;/q-1;. The van der Waals surface area contributed by atoms with Gasteiger partial charge < -0.3 is 4.98 Å². The number of hydrogen-bond acceptors (Lipinski definition) is 2. The first kappa shape index (κ1) is 8.29. The molecular weight excluding hydrogens is 292 g/mol. The molecule has 1 radical (unpaired) electrons. The zero-order valence-corrected chi connectivity index (χ0v) is 8.05. The third-order valence-electron chi connectivity index (χ3n) is 0.786. The van der Waals surface area contributed by atoms with Crippen LogP contribution in [0.2, 0.25) is 0 Å². The van der Waals surface area contributed by atoms with E-state index in [2.05, 4.69) is 17.4 Å². The molecule has 8 heavy (non-hydrogen) atoms. The van der Waals surface area contributed by atoms with Crippen LogP contribution in [0.25, 0.3) is 0 Å². The van der Waals surface area contributed by atoms with E-state index in [1.807, 2.05) is 6.20 Å². The number of nitrogens with zero attached hydrogens (tertiary/aromatic N) is 1. The number of hydrogen-bond donors (Lipinski definition) is 0. The molecule has 0 N–H and O–H groups in total.